The summed E-state index contributed by atoms with van der Waals surface area (Å²) < 4.78 is 5.23. The third kappa shape index (κ3) is 1.91. The molecule has 0 radical (unpaired) electrons. The first-order valence-electron chi connectivity index (χ1n) is 5.56. The summed E-state index contributed by atoms with van der Waals surface area (Å²) in [5.41, 5.74) is 0. The number of carbonyl (C=O) groups excluding carboxylic acids is 1. The van der Waals surface area contributed by atoms with Crippen LogP contribution in [0.5, 0.6) is 0 Å². The average Bonchev–Trinajstić information content (AvgIpc) is 3.08. The Balaban J connectivity index is 1.84. The molecule has 0 bridgehead atoms. The number of hydrogen-bond acceptors (Lipinski definition) is 6. The van der Waals surface area contributed by atoms with Crippen molar-refractivity contribution in [1.29, 1.82) is 0 Å². The van der Waals surface area contributed by atoms with E-state index in [4.69, 9.17) is 9.52 Å². The number of aromatic nitrogens is 2. The van der Waals surface area contributed by atoms with Crippen molar-refractivity contribution in [3.8, 4) is 10.8 Å². The van der Waals surface area contributed by atoms with Crippen molar-refractivity contribution in [3.63, 3.8) is 0 Å². The van der Waals surface area contributed by atoms with Gasteiger partial charge in [0.1, 0.15) is 0 Å². The molecular formula is C11H11N3O3S. The molecule has 94 valence electrons. The average molecular weight is 265 g/mol. The van der Waals surface area contributed by atoms with E-state index in [2.05, 4.69) is 10.2 Å². The van der Waals surface area contributed by atoms with Crippen LogP contribution in [0, 0.1) is 5.92 Å². The Labute approximate surface area is 107 Å². The summed E-state index contributed by atoms with van der Waals surface area (Å²) in [7, 11) is 0. The number of rotatable bonds is 3. The fraction of sp³-hybridized carbons (Fsp3) is 0.364. The highest BCUT2D eigenvalue weighted by molar-refractivity contribution is 7.18. The molecule has 1 atom stereocenters. The molecule has 0 aromatic carbocycles. The standard InChI is InChI=1S/C11H11N3O3S/c15-6-7-4-9(16)14(5-7)11-13-12-10(18-11)8-2-1-3-17-8/h1-3,7,15H,4-6H2. The predicted octanol–water partition coefficient (Wildman–Crippen LogP) is 1.14. The Morgan fingerprint density at radius 3 is 3.11 bits per heavy atom. The maximum absolute atomic E-state index is 11.8. The van der Waals surface area contributed by atoms with Gasteiger partial charge in [-0.1, -0.05) is 11.3 Å². The summed E-state index contributed by atoms with van der Waals surface area (Å²) in [6.07, 6.45) is 1.94. The third-order valence-corrected chi connectivity index (χ3v) is 3.80. The number of hydrogen-bond donors (Lipinski definition) is 1. The molecule has 1 amide bonds. The highest BCUT2D eigenvalue weighted by atomic mass is 32.1. The van der Waals surface area contributed by atoms with E-state index < -0.39 is 0 Å². The van der Waals surface area contributed by atoms with E-state index in [0.717, 1.165) is 0 Å². The van der Waals surface area contributed by atoms with Crippen LogP contribution < -0.4 is 4.90 Å². The van der Waals surface area contributed by atoms with Crippen LogP contribution in [0.15, 0.2) is 22.8 Å². The van der Waals surface area contributed by atoms with Crippen LogP contribution in [0.2, 0.25) is 0 Å². The molecule has 3 rings (SSSR count). The molecule has 18 heavy (non-hydrogen) atoms. The van der Waals surface area contributed by atoms with E-state index in [1.807, 2.05) is 0 Å². The smallest absolute Gasteiger partial charge is 0.229 e. The lowest BCUT2D eigenvalue weighted by Crippen LogP contribution is -2.24. The molecule has 1 aliphatic rings. The van der Waals surface area contributed by atoms with Crippen LogP contribution in [0.1, 0.15) is 6.42 Å². The van der Waals surface area contributed by atoms with E-state index in [0.29, 0.717) is 28.9 Å². The zero-order chi connectivity index (χ0) is 12.5. The van der Waals surface area contributed by atoms with Gasteiger partial charge in [0.15, 0.2) is 10.8 Å². The molecule has 1 fully saturated rings. The van der Waals surface area contributed by atoms with Gasteiger partial charge in [-0.25, -0.2) is 0 Å². The number of carbonyl (C=O) groups is 1. The zero-order valence-corrected chi connectivity index (χ0v) is 10.3. The van der Waals surface area contributed by atoms with Gasteiger partial charge in [0, 0.05) is 25.5 Å². The number of nitrogens with zero attached hydrogens (tertiary/aromatic N) is 3. The normalized spacial score (nSPS) is 19.7. The van der Waals surface area contributed by atoms with E-state index >= 15 is 0 Å². The van der Waals surface area contributed by atoms with Crippen LogP contribution in [0.25, 0.3) is 10.8 Å². The van der Waals surface area contributed by atoms with Crippen LogP contribution >= 0.6 is 11.3 Å². The Kier molecular flexibility index (Phi) is 2.85. The summed E-state index contributed by atoms with van der Waals surface area (Å²) in [4.78, 5) is 13.3. The van der Waals surface area contributed by atoms with Gasteiger partial charge in [0.05, 0.1) is 6.26 Å². The van der Waals surface area contributed by atoms with Crippen LogP contribution in [-0.4, -0.2) is 34.4 Å². The molecule has 0 aliphatic carbocycles. The fourth-order valence-electron chi connectivity index (χ4n) is 1.91. The number of amides is 1. The minimum absolute atomic E-state index is 0.00605. The van der Waals surface area contributed by atoms with Crippen LogP contribution in [0.3, 0.4) is 0 Å². The van der Waals surface area contributed by atoms with Crippen molar-refractivity contribution in [1.82, 2.24) is 10.2 Å². The quantitative estimate of drug-likeness (QED) is 0.900. The molecule has 3 heterocycles. The molecular weight excluding hydrogens is 254 g/mol. The second-order valence-corrected chi connectivity index (χ2v) is 5.08. The molecule has 7 heteroatoms. The maximum Gasteiger partial charge on any atom is 0.229 e. The van der Waals surface area contributed by atoms with E-state index in [1.54, 1.807) is 23.3 Å². The monoisotopic (exact) mass is 265 g/mol. The summed E-state index contributed by atoms with van der Waals surface area (Å²) in [6, 6.07) is 3.58. The Hall–Kier alpha value is -1.73. The van der Waals surface area contributed by atoms with Gasteiger partial charge in [-0.05, 0) is 12.1 Å². The van der Waals surface area contributed by atoms with Gasteiger partial charge in [0.25, 0.3) is 0 Å². The van der Waals surface area contributed by atoms with Crippen molar-refractivity contribution in [2.45, 2.75) is 6.42 Å². The summed E-state index contributed by atoms with van der Waals surface area (Å²) >= 11 is 1.31. The van der Waals surface area contributed by atoms with Gasteiger partial charge in [-0.3, -0.25) is 9.69 Å². The second kappa shape index (κ2) is 4.51. The van der Waals surface area contributed by atoms with Crippen LogP contribution in [0.4, 0.5) is 5.13 Å². The molecule has 1 aliphatic heterocycles. The van der Waals surface area contributed by atoms with Crippen molar-refractivity contribution in [3.05, 3.63) is 18.4 Å². The fourth-order valence-corrected chi connectivity index (χ4v) is 2.75. The Morgan fingerprint density at radius 1 is 1.56 bits per heavy atom. The lowest BCUT2D eigenvalue weighted by molar-refractivity contribution is -0.117. The topological polar surface area (TPSA) is 79.5 Å². The first kappa shape index (κ1) is 11.4. The highest BCUT2D eigenvalue weighted by Gasteiger charge is 2.32. The van der Waals surface area contributed by atoms with Gasteiger partial charge in [0.2, 0.25) is 11.0 Å². The molecule has 1 saturated heterocycles. The molecule has 1 N–H and O–H groups in total. The Morgan fingerprint density at radius 2 is 2.44 bits per heavy atom. The van der Waals surface area contributed by atoms with Gasteiger partial charge >= 0.3 is 0 Å². The minimum Gasteiger partial charge on any atom is -0.462 e. The summed E-state index contributed by atoms with van der Waals surface area (Å²) in [6.45, 7) is 0.522. The number of aliphatic hydroxyl groups excluding tert-OH is 1. The Bertz CT molecular complexity index is 552. The van der Waals surface area contributed by atoms with E-state index in [-0.39, 0.29) is 18.4 Å². The molecule has 6 nitrogen and oxygen atoms in total. The first-order valence-corrected chi connectivity index (χ1v) is 6.38. The van der Waals surface area contributed by atoms with Gasteiger partial charge in [-0.2, -0.15) is 0 Å². The number of anilines is 1. The second-order valence-electron chi connectivity index (χ2n) is 4.12. The zero-order valence-electron chi connectivity index (χ0n) is 9.44. The lowest BCUT2D eigenvalue weighted by atomic mass is 10.1. The molecule has 2 aromatic heterocycles. The summed E-state index contributed by atoms with van der Waals surface area (Å²) in [5.74, 6) is 0.619. The minimum atomic E-state index is -0.0174. The molecule has 2 aromatic rings. The highest BCUT2D eigenvalue weighted by Crippen LogP contribution is 2.32. The molecule has 0 spiro atoms. The molecule has 1 unspecified atom stereocenters. The van der Waals surface area contributed by atoms with Crippen LogP contribution in [-0.2, 0) is 4.79 Å². The van der Waals surface area contributed by atoms with Crippen molar-refractivity contribution < 1.29 is 14.3 Å². The van der Waals surface area contributed by atoms with Crippen molar-refractivity contribution in [2.75, 3.05) is 18.1 Å². The predicted molar refractivity (Wildman–Crippen MR) is 65.2 cm³/mol. The first-order chi connectivity index (χ1) is 8.78. The van der Waals surface area contributed by atoms with E-state index in [1.165, 1.54) is 11.3 Å². The lowest BCUT2D eigenvalue weighted by Gasteiger charge is -2.10. The maximum atomic E-state index is 11.8. The molecule has 0 saturated carbocycles. The van der Waals surface area contributed by atoms with E-state index in [9.17, 15) is 4.79 Å². The number of furan rings is 1. The van der Waals surface area contributed by atoms with Gasteiger partial charge in [-0.15, -0.1) is 10.2 Å². The van der Waals surface area contributed by atoms with Crippen molar-refractivity contribution >= 4 is 22.4 Å². The van der Waals surface area contributed by atoms with Crippen molar-refractivity contribution in [2.24, 2.45) is 5.92 Å². The SMILES string of the molecule is O=C1CC(CO)CN1c1nnc(-c2ccco2)s1. The third-order valence-electron chi connectivity index (χ3n) is 2.84. The number of aliphatic hydroxyl groups is 1. The van der Waals surface area contributed by atoms with Gasteiger partial charge < -0.3 is 9.52 Å². The summed E-state index contributed by atoms with van der Waals surface area (Å²) in [5, 5.41) is 18.3. The largest absolute Gasteiger partial charge is 0.462 e.